The highest BCUT2D eigenvalue weighted by molar-refractivity contribution is 9.10. The summed E-state index contributed by atoms with van der Waals surface area (Å²) < 4.78 is 8.01. The van der Waals surface area contributed by atoms with Crippen LogP contribution in [0, 0.1) is 0 Å². The number of ether oxygens (including phenoxy) is 1. The zero-order chi connectivity index (χ0) is 25.9. The van der Waals surface area contributed by atoms with Crippen LogP contribution in [0.1, 0.15) is 89.7 Å². The molecule has 3 nitrogen and oxygen atoms in total. The number of hydrogen-bond acceptors (Lipinski definition) is 3. The van der Waals surface area contributed by atoms with Crippen molar-refractivity contribution in [1.82, 2.24) is 4.90 Å². The number of hydrogen-bond donors (Lipinski definition) is 1. The monoisotopic (exact) mass is 655 g/mol. The topological polar surface area (TPSA) is 32.7 Å². The summed E-state index contributed by atoms with van der Waals surface area (Å²) in [5.74, 6) is 0.773. The van der Waals surface area contributed by atoms with Gasteiger partial charge in [0.2, 0.25) is 0 Å². The van der Waals surface area contributed by atoms with E-state index in [9.17, 15) is 5.11 Å². The molecule has 0 spiro atoms. The van der Waals surface area contributed by atoms with Crippen molar-refractivity contribution in [3.63, 3.8) is 0 Å². The quantitative estimate of drug-likeness (QED) is 0.123. The van der Waals surface area contributed by atoms with Gasteiger partial charge in [-0.15, -0.1) is 12.4 Å². The van der Waals surface area contributed by atoms with Gasteiger partial charge in [-0.2, -0.15) is 0 Å². The van der Waals surface area contributed by atoms with Gasteiger partial charge in [0, 0.05) is 26.4 Å². The Labute approximate surface area is 247 Å². The summed E-state index contributed by atoms with van der Waals surface area (Å²) in [7, 11) is 1.72. The van der Waals surface area contributed by atoms with Crippen molar-refractivity contribution in [2.75, 3.05) is 26.7 Å². The van der Waals surface area contributed by atoms with Gasteiger partial charge in [0.05, 0.1) is 13.2 Å². The van der Waals surface area contributed by atoms with E-state index in [0.717, 1.165) is 54.9 Å². The summed E-state index contributed by atoms with van der Waals surface area (Å²) in [6.07, 6.45) is 12.0. The third-order valence-electron chi connectivity index (χ3n) is 7.16. The smallest absolute Gasteiger partial charge is 0.133 e. The number of aliphatic hydroxyl groups excluding tert-OH is 1. The van der Waals surface area contributed by atoms with Crippen LogP contribution >= 0.6 is 44.3 Å². The molecule has 0 saturated heterocycles. The second kappa shape index (κ2) is 17.0. The van der Waals surface area contributed by atoms with Crippen LogP contribution in [0.4, 0.5) is 0 Å². The molecule has 3 rings (SSSR count). The fraction of sp³-hybridized carbons (Fsp3) is 0.548. The minimum Gasteiger partial charge on any atom is -0.496 e. The number of rotatable bonds is 16. The molecule has 0 heterocycles. The van der Waals surface area contributed by atoms with E-state index in [2.05, 4.69) is 87.0 Å². The van der Waals surface area contributed by atoms with Gasteiger partial charge in [0.15, 0.2) is 0 Å². The Morgan fingerprint density at radius 1 is 0.730 bits per heavy atom. The summed E-state index contributed by atoms with van der Waals surface area (Å²) in [5.41, 5.74) is 0.890. The lowest BCUT2D eigenvalue weighted by molar-refractivity contribution is 0.109. The third-order valence-corrected chi connectivity index (χ3v) is 8.14. The van der Waals surface area contributed by atoms with Gasteiger partial charge in [0.25, 0.3) is 0 Å². The molecule has 0 bridgehead atoms. The number of fused-ring (bicyclic) bond motifs is 3. The van der Waals surface area contributed by atoms with Gasteiger partial charge >= 0.3 is 0 Å². The fourth-order valence-electron chi connectivity index (χ4n) is 5.24. The maximum atomic E-state index is 11.8. The predicted molar refractivity (Wildman–Crippen MR) is 170 cm³/mol. The van der Waals surface area contributed by atoms with Crippen molar-refractivity contribution >= 4 is 65.8 Å². The van der Waals surface area contributed by atoms with Gasteiger partial charge in [-0.25, -0.2) is 0 Å². The molecule has 6 heteroatoms. The average molecular weight is 658 g/mol. The Morgan fingerprint density at radius 2 is 1.22 bits per heavy atom. The highest BCUT2D eigenvalue weighted by atomic mass is 79.9. The first kappa shape index (κ1) is 32.4. The lowest BCUT2D eigenvalue weighted by Gasteiger charge is -2.27. The molecule has 0 aromatic heterocycles. The molecule has 1 atom stereocenters. The first-order valence-corrected chi connectivity index (χ1v) is 15.4. The second-order valence-electron chi connectivity index (χ2n) is 9.97. The van der Waals surface area contributed by atoms with Gasteiger partial charge in [0.1, 0.15) is 5.75 Å². The molecule has 0 fully saturated rings. The van der Waals surface area contributed by atoms with Crippen LogP contribution < -0.4 is 4.74 Å². The minimum atomic E-state index is -0.633. The zero-order valence-corrected chi connectivity index (χ0v) is 26.7. The molecular weight excluding hydrogens is 614 g/mol. The molecule has 0 aliphatic carbocycles. The van der Waals surface area contributed by atoms with E-state index in [1.165, 1.54) is 64.2 Å². The van der Waals surface area contributed by atoms with Crippen LogP contribution in [0.2, 0.25) is 0 Å². The molecule has 3 aromatic rings. The number of nitrogens with zero attached hydrogens (tertiary/aromatic N) is 1. The Kier molecular flexibility index (Phi) is 14.8. The second-order valence-corrected chi connectivity index (χ2v) is 11.8. The molecule has 0 aliphatic heterocycles. The van der Waals surface area contributed by atoms with Crippen molar-refractivity contribution in [3.05, 3.63) is 50.9 Å². The Bertz CT molecular complexity index is 1090. The van der Waals surface area contributed by atoms with Crippen molar-refractivity contribution in [3.8, 4) is 5.75 Å². The summed E-state index contributed by atoms with van der Waals surface area (Å²) in [6.45, 7) is 7.22. The summed E-state index contributed by atoms with van der Waals surface area (Å²) in [4.78, 5) is 2.48. The molecule has 0 amide bonds. The van der Waals surface area contributed by atoms with Crippen molar-refractivity contribution < 1.29 is 9.84 Å². The minimum absolute atomic E-state index is 0. The Hall–Kier alpha value is -0.850. The molecule has 0 saturated carbocycles. The number of methoxy groups -OCH3 is 1. The summed E-state index contributed by atoms with van der Waals surface area (Å²) >= 11 is 7.29. The largest absolute Gasteiger partial charge is 0.496 e. The van der Waals surface area contributed by atoms with E-state index in [1.54, 1.807) is 7.11 Å². The molecule has 0 aliphatic rings. The van der Waals surface area contributed by atoms with Gasteiger partial charge in [-0.3, -0.25) is 0 Å². The van der Waals surface area contributed by atoms with Gasteiger partial charge < -0.3 is 14.7 Å². The lowest BCUT2D eigenvalue weighted by atomic mass is 9.92. The number of halogens is 3. The highest BCUT2D eigenvalue weighted by Gasteiger charge is 2.23. The SMILES string of the molecule is CCCCCCCN(CCCCCCC)CC(O)c1c(OC)c2cc(Br)ccc2c2ccc(Br)cc12.Cl. The van der Waals surface area contributed by atoms with Crippen LogP contribution in [-0.4, -0.2) is 36.8 Å². The van der Waals surface area contributed by atoms with E-state index in [-0.39, 0.29) is 12.4 Å². The molecular formula is C31H44Br2ClNO2. The van der Waals surface area contributed by atoms with Crippen molar-refractivity contribution in [2.24, 2.45) is 0 Å². The van der Waals surface area contributed by atoms with Crippen LogP contribution in [0.3, 0.4) is 0 Å². The molecule has 0 radical (unpaired) electrons. The molecule has 3 aromatic carbocycles. The molecule has 37 heavy (non-hydrogen) atoms. The number of aliphatic hydroxyl groups is 1. The normalized spacial score (nSPS) is 12.3. The fourth-order valence-corrected chi connectivity index (χ4v) is 5.96. The van der Waals surface area contributed by atoms with Crippen molar-refractivity contribution in [1.29, 1.82) is 0 Å². The van der Waals surface area contributed by atoms with Crippen LogP contribution in [0.5, 0.6) is 5.75 Å². The maximum absolute atomic E-state index is 11.8. The first-order valence-electron chi connectivity index (χ1n) is 13.8. The lowest BCUT2D eigenvalue weighted by Crippen LogP contribution is -2.31. The highest BCUT2D eigenvalue weighted by Crippen LogP contribution is 2.43. The molecule has 1 unspecified atom stereocenters. The number of unbranched alkanes of at least 4 members (excludes halogenated alkanes) is 8. The molecule has 206 valence electrons. The van der Waals surface area contributed by atoms with Crippen LogP contribution in [0.25, 0.3) is 21.5 Å². The average Bonchev–Trinajstić information content (AvgIpc) is 2.87. The van der Waals surface area contributed by atoms with Crippen molar-refractivity contribution in [2.45, 2.75) is 84.2 Å². The van der Waals surface area contributed by atoms with E-state index in [1.807, 2.05) is 0 Å². The van der Waals surface area contributed by atoms with Gasteiger partial charge in [-0.1, -0.05) is 109 Å². The van der Waals surface area contributed by atoms with E-state index in [0.29, 0.717) is 6.54 Å². The van der Waals surface area contributed by atoms with E-state index < -0.39 is 6.10 Å². The summed E-state index contributed by atoms with van der Waals surface area (Å²) in [6, 6.07) is 12.6. The third kappa shape index (κ3) is 9.10. The van der Waals surface area contributed by atoms with E-state index in [4.69, 9.17) is 4.74 Å². The number of benzene rings is 3. The zero-order valence-electron chi connectivity index (χ0n) is 22.7. The predicted octanol–water partition coefficient (Wildman–Crippen LogP) is 10.2. The Morgan fingerprint density at radius 3 is 1.73 bits per heavy atom. The van der Waals surface area contributed by atoms with Crippen LogP contribution in [0.15, 0.2) is 45.3 Å². The molecule has 1 N–H and O–H groups in total. The van der Waals surface area contributed by atoms with E-state index >= 15 is 0 Å². The Balaban J connectivity index is 0.00000481. The first-order chi connectivity index (χ1) is 17.5. The summed E-state index contributed by atoms with van der Waals surface area (Å²) in [5, 5.41) is 16.1. The maximum Gasteiger partial charge on any atom is 0.133 e. The standard InChI is InChI=1S/C31H43Br2NO2.ClH/c1-4-6-8-10-12-18-34(19-13-11-9-7-5-2)22-29(35)30-27-20-23(32)14-16-25(27)26-17-15-24(33)21-28(26)31(30)36-3;/h14-17,20-21,29,35H,4-13,18-19,22H2,1-3H3;1H. The van der Waals surface area contributed by atoms with Gasteiger partial charge in [-0.05, 0) is 66.4 Å². The van der Waals surface area contributed by atoms with Crippen LogP contribution in [-0.2, 0) is 0 Å².